The molecule has 29 heavy (non-hydrogen) atoms. The first-order valence-electron chi connectivity index (χ1n) is 8.95. The fraction of sp³-hybridized carbons (Fsp3) is 0.0909. The lowest BCUT2D eigenvalue weighted by molar-refractivity contribution is -0.113. The number of benzene rings is 3. The first-order valence-corrected chi connectivity index (χ1v) is 9.93. The topological polar surface area (TPSA) is 85.1 Å². The molecule has 0 aliphatic heterocycles. The van der Waals surface area contributed by atoms with Crippen molar-refractivity contribution in [1.82, 2.24) is 10.2 Å². The number of hydrogen-bond acceptors (Lipinski definition) is 6. The van der Waals surface area contributed by atoms with E-state index >= 15 is 0 Å². The lowest BCUT2D eigenvalue weighted by atomic mass is 10.1. The van der Waals surface area contributed by atoms with Crippen LogP contribution in [0, 0.1) is 0 Å². The number of anilines is 1. The SMILES string of the molecule is CC(=O)c1ccc(NC(=O)CSc2nnc(-c3ccc4ccccc4c3)o2)cc1. The molecule has 0 atom stereocenters. The summed E-state index contributed by atoms with van der Waals surface area (Å²) in [6, 6.07) is 20.7. The first kappa shape index (κ1) is 18.9. The number of carbonyl (C=O) groups is 2. The molecular formula is C22H17N3O3S. The van der Waals surface area contributed by atoms with Gasteiger partial charge in [-0.05, 0) is 54.1 Å². The maximum absolute atomic E-state index is 12.1. The standard InChI is InChI=1S/C22H17N3O3S/c1-14(26)15-8-10-19(11-9-15)23-20(27)13-29-22-25-24-21(28-22)18-7-6-16-4-2-3-5-17(16)12-18/h2-12H,13H2,1H3,(H,23,27). The third-order valence-corrected chi connectivity index (χ3v) is 5.12. The zero-order valence-electron chi connectivity index (χ0n) is 15.6. The molecule has 144 valence electrons. The molecule has 0 aliphatic rings. The van der Waals surface area contributed by atoms with Gasteiger partial charge in [-0.25, -0.2) is 0 Å². The molecule has 6 nitrogen and oxygen atoms in total. The van der Waals surface area contributed by atoms with Crippen LogP contribution in [0.5, 0.6) is 0 Å². The minimum Gasteiger partial charge on any atom is -0.411 e. The van der Waals surface area contributed by atoms with Gasteiger partial charge in [0.15, 0.2) is 5.78 Å². The van der Waals surface area contributed by atoms with Crippen molar-refractivity contribution in [3.05, 3.63) is 72.3 Å². The van der Waals surface area contributed by atoms with Crippen molar-refractivity contribution in [2.45, 2.75) is 12.1 Å². The Morgan fingerprint density at radius 3 is 2.48 bits per heavy atom. The molecule has 0 saturated carbocycles. The van der Waals surface area contributed by atoms with Crippen LogP contribution in [-0.4, -0.2) is 27.6 Å². The van der Waals surface area contributed by atoms with Gasteiger partial charge in [-0.15, -0.1) is 10.2 Å². The van der Waals surface area contributed by atoms with E-state index in [-0.39, 0.29) is 17.4 Å². The number of nitrogens with zero attached hydrogens (tertiary/aromatic N) is 2. The average molecular weight is 403 g/mol. The van der Waals surface area contributed by atoms with E-state index in [4.69, 9.17) is 4.42 Å². The highest BCUT2D eigenvalue weighted by Gasteiger charge is 2.12. The molecule has 0 bridgehead atoms. The van der Waals surface area contributed by atoms with Gasteiger partial charge >= 0.3 is 0 Å². The summed E-state index contributed by atoms with van der Waals surface area (Å²) in [5, 5.41) is 13.4. The van der Waals surface area contributed by atoms with E-state index in [1.807, 2.05) is 42.5 Å². The van der Waals surface area contributed by atoms with Crippen LogP contribution in [0.4, 0.5) is 5.69 Å². The smallest absolute Gasteiger partial charge is 0.277 e. The van der Waals surface area contributed by atoms with Crippen molar-refractivity contribution in [2.75, 3.05) is 11.1 Å². The molecule has 7 heteroatoms. The van der Waals surface area contributed by atoms with Crippen molar-refractivity contribution in [2.24, 2.45) is 0 Å². The summed E-state index contributed by atoms with van der Waals surface area (Å²) in [5.74, 6) is 0.333. The van der Waals surface area contributed by atoms with E-state index in [0.29, 0.717) is 22.4 Å². The average Bonchev–Trinajstić information content (AvgIpc) is 3.21. The second-order valence-electron chi connectivity index (χ2n) is 6.41. The van der Waals surface area contributed by atoms with Gasteiger partial charge in [0.2, 0.25) is 11.8 Å². The predicted molar refractivity (Wildman–Crippen MR) is 113 cm³/mol. The molecule has 3 aromatic carbocycles. The molecule has 0 radical (unpaired) electrons. The number of thioether (sulfide) groups is 1. The van der Waals surface area contributed by atoms with E-state index in [0.717, 1.165) is 16.3 Å². The summed E-state index contributed by atoms with van der Waals surface area (Å²) in [5.41, 5.74) is 2.06. The maximum atomic E-state index is 12.1. The number of rotatable bonds is 6. The fourth-order valence-electron chi connectivity index (χ4n) is 2.82. The third-order valence-electron chi connectivity index (χ3n) is 4.30. The van der Waals surface area contributed by atoms with Gasteiger partial charge in [-0.3, -0.25) is 9.59 Å². The van der Waals surface area contributed by atoms with Gasteiger partial charge in [0.05, 0.1) is 5.75 Å². The Kier molecular flexibility index (Phi) is 5.39. The van der Waals surface area contributed by atoms with Crippen LogP contribution in [0.15, 0.2) is 76.4 Å². The Morgan fingerprint density at radius 2 is 1.72 bits per heavy atom. The molecule has 0 aliphatic carbocycles. The van der Waals surface area contributed by atoms with Crippen LogP contribution < -0.4 is 5.32 Å². The number of nitrogens with one attached hydrogen (secondary N) is 1. The number of carbonyl (C=O) groups excluding carboxylic acids is 2. The summed E-state index contributed by atoms with van der Waals surface area (Å²) in [6.45, 7) is 1.50. The summed E-state index contributed by atoms with van der Waals surface area (Å²) < 4.78 is 5.68. The van der Waals surface area contributed by atoms with Crippen LogP contribution in [0.2, 0.25) is 0 Å². The van der Waals surface area contributed by atoms with Gasteiger partial charge in [0, 0.05) is 16.8 Å². The summed E-state index contributed by atoms with van der Waals surface area (Å²) >= 11 is 1.17. The lowest BCUT2D eigenvalue weighted by Crippen LogP contribution is -2.14. The Bertz CT molecular complexity index is 1190. The van der Waals surface area contributed by atoms with Crippen molar-refractivity contribution >= 4 is 39.9 Å². The number of fused-ring (bicyclic) bond motifs is 1. The summed E-state index contributed by atoms with van der Waals surface area (Å²) in [4.78, 5) is 23.4. The molecule has 4 rings (SSSR count). The van der Waals surface area contributed by atoms with Crippen LogP contribution in [0.25, 0.3) is 22.2 Å². The highest BCUT2D eigenvalue weighted by atomic mass is 32.2. The molecule has 1 amide bonds. The Balaban J connectivity index is 1.37. The second-order valence-corrected chi connectivity index (χ2v) is 7.33. The van der Waals surface area contributed by atoms with Gasteiger partial charge < -0.3 is 9.73 Å². The van der Waals surface area contributed by atoms with Crippen LogP contribution in [-0.2, 0) is 4.79 Å². The number of Topliss-reactive ketones (excluding diaryl/α,β-unsaturated/α-hetero) is 1. The van der Waals surface area contributed by atoms with Gasteiger partial charge in [-0.2, -0.15) is 0 Å². The minimum absolute atomic E-state index is 0.0166. The van der Waals surface area contributed by atoms with Crippen molar-refractivity contribution in [1.29, 1.82) is 0 Å². The maximum Gasteiger partial charge on any atom is 0.277 e. The minimum atomic E-state index is -0.198. The zero-order valence-corrected chi connectivity index (χ0v) is 16.4. The van der Waals surface area contributed by atoms with Crippen LogP contribution >= 0.6 is 11.8 Å². The van der Waals surface area contributed by atoms with Gasteiger partial charge in [-0.1, -0.05) is 42.1 Å². The molecule has 1 aromatic heterocycles. The largest absolute Gasteiger partial charge is 0.411 e. The molecular weight excluding hydrogens is 386 g/mol. The number of amides is 1. The monoisotopic (exact) mass is 403 g/mol. The van der Waals surface area contributed by atoms with E-state index in [1.165, 1.54) is 18.7 Å². The first-order chi connectivity index (χ1) is 14.1. The molecule has 0 unspecified atom stereocenters. The lowest BCUT2D eigenvalue weighted by Gasteiger charge is -2.04. The summed E-state index contributed by atoms with van der Waals surface area (Å²) in [6.07, 6.45) is 0. The van der Waals surface area contributed by atoms with Crippen LogP contribution in [0.1, 0.15) is 17.3 Å². The zero-order chi connectivity index (χ0) is 20.2. The molecule has 1 N–H and O–H groups in total. The quantitative estimate of drug-likeness (QED) is 0.367. The van der Waals surface area contributed by atoms with E-state index in [2.05, 4.69) is 15.5 Å². The Labute approximate surface area is 171 Å². The molecule has 0 saturated heterocycles. The summed E-state index contributed by atoms with van der Waals surface area (Å²) in [7, 11) is 0. The number of ketones is 1. The fourth-order valence-corrected chi connectivity index (χ4v) is 3.38. The van der Waals surface area contributed by atoms with Crippen molar-refractivity contribution in [3.63, 3.8) is 0 Å². The molecule has 4 aromatic rings. The Hall–Kier alpha value is -3.45. The second kappa shape index (κ2) is 8.28. The number of hydrogen-bond donors (Lipinski definition) is 1. The van der Waals surface area contributed by atoms with Crippen molar-refractivity contribution < 1.29 is 14.0 Å². The van der Waals surface area contributed by atoms with Gasteiger partial charge in [0.1, 0.15) is 0 Å². The highest BCUT2D eigenvalue weighted by Crippen LogP contribution is 2.26. The van der Waals surface area contributed by atoms with Crippen LogP contribution in [0.3, 0.4) is 0 Å². The number of aromatic nitrogens is 2. The van der Waals surface area contributed by atoms with E-state index in [9.17, 15) is 9.59 Å². The molecule has 1 heterocycles. The third kappa shape index (κ3) is 4.52. The molecule has 0 fully saturated rings. The molecule has 0 spiro atoms. The highest BCUT2D eigenvalue weighted by molar-refractivity contribution is 7.99. The normalized spacial score (nSPS) is 10.8. The Morgan fingerprint density at radius 1 is 0.966 bits per heavy atom. The van der Waals surface area contributed by atoms with E-state index in [1.54, 1.807) is 24.3 Å². The van der Waals surface area contributed by atoms with Gasteiger partial charge in [0.25, 0.3) is 5.22 Å². The van der Waals surface area contributed by atoms with E-state index < -0.39 is 0 Å². The van der Waals surface area contributed by atoms with Crippen molar-refractivity contribution in [3.8, 4) is 11.5 Å². The predicted octanol–water partition coefficient (Wildman–Crippen LogP) is 4.82.